The topological polar surface area (TPSA) is 61.7 Å². The van der Waals surface area contributed by atoms with Gasteiger partial charge in [0.05, 0.1) is 27.8 Å². The lowest BCUT2D eigenvalue weighted by Gasteiger charge is -2.13. The molecule has 0 aliphatic heterocycles. The average molecular weight is 806 g/mol. The minimum Gasteiger partial charge on any atom is -0.453 e. The fourth-order valence-electron chi connectivity index (χ4n) is 9.59. The van der Waals surface area contributed by atoms with E-state index < -0.39 is 0 Å². The van der Waals surface area contributed by atoms with E-state index in [2.05, 4.69) is 161 Å². The summed E-state index contributed by atoms with van der Waals surface area (Å²) in [7, 11) is 0. The largest absolute Gasteiger partial charge is 0.453 e. The van der Waals surface area contributed by atoms with Crippen LogP contribution in [0.15, 0.2) is 217 Å². The van der Waals surface area contributed by atoms with E-state index in [1.807, 2.05) is 60.7 Å². The number of nitrogens with zero attached hydrogens (tertiary/aromatic N) is 5. The third-order valence-corrected chi connectivity index (χ3v) is 12.4. The summed E-state index contributed by atoms with van der Waals surface area (Å²) in [6, 6.07) is 74.3. The normalized spacial score (nSPS) is 11.8. The first kappa shape index (κ1) is 35.2. The summed E-state index contributed by atoms with van der Waals surface area (Å²) in [5, 5.41) is 6.75. The van der Waals surface area contributed by atoms with Crippen molar-refractivity contribution in [3.8, 4) is 56.7 Å². The van der Waals surface area contributed by atoms with Gasteiger partial charge in [-0.2, -0.15) is 0 Å². The Balaban J connectivity index is 1.13. The summed E-state index contributed by atoms with van der Waals surface area (Å²) in [6.45, 7) is 0. The number of benzene rings is 9. The van der Waals surface area contributed by atoms with Gasteiger partial charge in [0.1, 0.15) is 5.58 Å². The maximum atomic E-state index is 7.36. The fourth-order valence-corrected chi connectivity index (χ4v) is 9.59. The van der Waals surface area contributed by atoms with Gasteiger partial charge in [0.15, 0.2) is 23.1 Å². The Morgan fingerprint density at radius 2 is 0.810 bits per heavy atom. The van der Waals surface area contributed by atoms with E-state index in [-0.39, 0.29) is 0 Å². The van der Waals surface area contributed by atoms with Gasteiger partial charge < -0.3 is 13.6 Å². The lowest BCUT2D eigenvalue weighted by molar-refractivity contribution is 0.667. The van der Waals surface area contributed by atoms with Crippen LogP contribution in [0.5, 0.6) is 0 Å². The van der Waals surface area contributed by atoms with Crippen molar-refractivity contribution in [1.29, 1.82) is 0 Å². The summed E-state index contributed by atoms with van der Waals surface area (Å²) in [6.07, 6.45) is 0. The van der Waals surface area contributed by atoms with Gasteiger partial charge in [0, 0.05) is 60.3 Å². The molecule has 0 saturated carbocycles. The van der Waals surface area contributed by atoms with Gasteiger partial charge in [-0.15, -0.1) is 0 Å². The van der Waals surface area contributed by atoms with Gasteiger partial charge in [-0.1, -0.05) is 152 Å². The van der Waals surface area contributed by atoms with Crippen LogP contribution in [-0.4, -0.2) is 24.1 Å². The minimum atomic E-state index is 0.564. The molecule has 0 saturated heterocycles. The van der Waals surface area contributed by atoms with Crippen LogP contribution in [0.1, 0.15) is 0 Å². The molecule has 6 heteroatoms. The van der Waals surface area contributed by atoms with Gasteiger partial charge in [0.2, 0.25) is 0 Å². The molecule has 0 spiro atoms. The molecule has 0 aliphatic carbocycles. The van der Waals surface area contributed by atoms with Crippen molar-refractivity contribution in [2.45, 2.75) is 0 Å². The van der Waals surface area contributed by atoms with Crippen molar-refractivity contribution in [3.63, 3.8) is 0 Å². The number of hydrogen-bond donors (Lipinski definition) is 0. The van der Waals surface area contributed by atoms with Crippen LogP contribution in [-0.2, 0) is 0 Å². The van der Waals surface area contributed by atoms with Crippen LogP contribution < -0.4 is 0 Å². The molecule has 63 heavy (non-hydrogen) atoms. The van der Waals surface area contributed by atoms with Crippen molar-refractivity contribution >= 4 is 65.6 Å². The Kier molecular flexibility index (Phi) is 7.80. The van der Waals surface area contributed by atoms with Gasteiger partial charge >= 0.3 is 0 Å². The molecule has 0 N–H and O–H groups in total. The second-order valence-electron chi connectivity index (χ2n) is 15.9. The fraction of sp³-hybridized carbons (Fsp3) is 0. The quantitative estimate of drug-likeness (QED) is 0.168. The Morgan fingerprint density at radius 1 is 0.317 bits per heavy atom. The van der Waals surface area contributed by atoms with Crippen molar-refractivity contribution in [3.05, 3.63) is 212 Å². The van der Waals surface area contributed by atoms with Gasteiger partial charge in [0.25, 0.3) is 0 Å². The molecule has 0 bridgehead atoms. The van der Waals surface area contributed by atoms with Crippen LogP contribution >= 0.6 is 0 Å². The average Bonchev–Trinajstić information content (AvgIpc) is 4.02. The maximum Gasteiger partial charge on any atom is 0.164 e. The molecule has 13 rings (SSSR count). The second-order valence-corrected chi connectivity index (χ2v) is 15.9. The minimum absolute atomic E-state index is 0.564. The summed E-state index contributed by atoms with van der Waals surface area (Å²) >= 11 is 0. The molecule has 0 radical (unpaired) electrons. The highest BCUT2D eigenvalue weighted by Crippen LogP contribution is 2.46. The maximum absolute atomic E-state index is 7.36. The van der Waals surface area contributed by atoms with Crippen LogP contribution in [0.2, 0.25) is 0 Å². The van der Waals surface area contributed by atoms with Gasteiger partial charge in [-0.25, -0.2) is 15.0 Å². The van der Waals surface area contributed by atoms with Crippen molar-refractivity contribution in [1.82, 2.24) is 24.1 Å². The molecule has 0 amide bonds. The second kappa shape index (κ2) is 14.0. The van der Waals surface area contributed by atoms with Gasteiger partial charge in [-0.05, 0) is 66.2 Å². The van der Waals surface area contributed by atoms with E-state index in [4.69, 9.17) is 19.4 Å². The molecule has 9 aromatic carbocycles. The molecule has 6 nitrogen and oxygen atoms in total. The molecule has 294 valence electrons. The zero-order valence-electron chi connectivity index (χ0n) is 33.9. The van der Waals surface area contributed by atoms with Crippen LogP contribution in [0.3, 0.4) is 0 Å². The molecule has 4 aromatic heterocycles. The number of para-hydroxylation sites is 5. The first-order chi connectivity index (χ1) is 31.3. The standard InChI is InChI=1S/C57H35N5O/c1-4-17-36(18-5-1)55-58-56(37-19-6-2-7-20-37)60-57(59-55)45-33-32-44-43-26-16-30-51(62-48-28-14-10-23-40(48)41-24-11-15-29-49(41)62)53(43)63-54(44)52(45)38-31-34-50-46(35-38)42-25-12-13-27-47(42)61(50)39-21-8-3-9-22-39/h1-35H. The Bertz CT molecular complexity index is 3790. The highest BCUT2D eigenvalue weighted by molar-refractivity contribution is 6.17. The summed E-state index contributed by atoms with van der Waals surface area (Å²) in [5.41, 5.74) is 12.8. The first-order valence-electron chi connectivity index (χ1n) is 21.2. The predicted octanol–water partition coefficient (Wildman–Crippen LogP) is 14.6. The molecule has 0 fully saturated rings. The van der Waals surface area contributed by atoms with Crippen molar-refractivity contribution < 1.29 is 4.42 Å². The molecule has 4 heterocycles. The number of aromatic nitrogens is 5. The number of furan rings is 1. The summed E-state index contributed by atoms with van der Waals surface area (Å²) < 4.78 is 12.0. The van der Waals surface area contributed by atoms with Crippen molar-refractivity contribution in [2.24, 2.45) is 0 Å². The Hall–Kier alpha value is -8.61. The predicted molar refractivity (Wildman–Crippen MR) is 258 cm³/mol. The molecular formula is C57H35N5O. The molecule has 0 atom stereocenters. The van der Waals surface area contributed by atoms with E-state index >= 15 is 0 Å². The van der Waals surface area contributed by atoms with E-state index in [1.54, 1.807) is 0 Å². The smallest absolute Gasteiger partial charge is 0.164 e. The number of rotatable bonds is 6. The summed E-state index contributed by atoms with van der Waals surface area (Å²) in [5.74, 6) is 1.77. The zero-order valence-corrected chi connectivity index (χ0v) is 33.9. The van der Waals surface area contributed by atoms with Crippen LogP contribution in [0.4, 0.5) is 0 Å². The molecule has 13 aromatic rings. The monoisotopic (exact) mass is 805 g/mol. The van der Waals surface area contributed by atoms with Crippen molar-refractivity contribution in [2.75, 3.05) is 0 Å². The third kappa shape index (κ3) is 5.48. The zero-order chi connectivity index (χ0) is 41.4. The van der Waals surface area contributed by atoms with E-state index in [0.717, 1.165) is 88.6 Å². The Morgan fingerprint density at radius 3 is 1.44 bits per heavy atom. The van der Waals surface area contributed by atoms with E-state index in [1.165, 1.54) is 16.2 Å². The molecular weight excluding hydrogens is 771 g/mol. The molecule has 0 aliphatic rings. The third-order valence-electron chi connectivity index (χ3n) is 12.4. The van der Waals surface area contributed by atoms with Crippen LogP contribution in [0, 0.1) is 0 Å². The highest BCUT2D eigenvalue weighted by atomic mass is 16.3. The molecule has 0 unspecified atom stereocenters. The van der Waals surface area contributed by atoms with Gasteiger partial charge in [-0.3, -0.25) is 0 Å². The SMILES string of the molecule is c1ccc(-c2nc(-c3ccccc3)nc(-c3ccc4c(oc5c(-n6c7ccccc7c7ccccc76)cccc54)c3-c3ccc4c(c3)c3ccccc3n4-c3ccccc3)n2)cc1. The van der Waals surface area contributed by atoms with Crippen LogP contribution in [0.25, 0.3) is 122 Å². The lowest BCUT2D eigenvalue weighted by Crippen LogP contribution is -2.01. The number of fused-ring (bicyclic) bond motifs is 9. The number of hydrogen-bond acceptors (Lipinski definition) is 4. The lowest BCUT2D eigenvalue weighted by atomic mass is 9.94. The van der Waals surface area contributed by atoms with E-state index in [9.17, 15) is 0 Å². The summed E-state index contributed by atoms with van der Waals surface area (Å²) in [4.78, 5) is 15.6. The van der Waals surface area contributed by atoms with E-state index in [0.29, 0.717) is 17.5 Å². The Labute approximate surface area is 361 Å². The first-order valence-corrected chi connectivity index (χ1v) is 21.2. The highest BCUT2D eigenvalue weighted by Gasteiger charge is 2.24.